The Morgan fingerprint density at radius 3 is 2.11 bits per heavy atom. The largest absolute Gasteiger partial charge is 0.473 e. The lowest BCUT2D eigenvalue weighted by molar-refractivity contribution is 0.292. The number of halogens is 1. The minimum atomic E-state index is 0.479. The first-order chi connectivity index (χ1) is 13.7. The minimum absolute atomic E-state index is 0.479. The van der Waals surface area contributed by atoms with E-state index in [-0.39, 0.29) is 0 Å². The van der Waals surface area contributed by atoms with Crippen LogP contribution < -0.4 is 4.74 Å². The third-order valence-electron chi connectivity index (χ3n) is 4.67. The standard InChI is InChI=1S/C25H20ClNO/c1-18-23(20-12-14-22(26)15-13-20)16-24(21-10-6-3-7-11-21)27-25(18)28-17-19-8-4-2-5-9-19/h2-16H,17H2,1H3. The van der Waals surface area contributed by atoms with Crippen LogP contribution in [0.25, 0.3) is 22.4 Å². The van der Waals surface area contributed by atoms with E-state index >= 15 is 0 Å². The molecular weight excluding hydrogens is 366 g/mol. The fourth-order valence-electron chi connectivity index (χ4n) is 3.14. The summed E-state index contributed by atoms with van der Waals surface area (Å²) in [6, 6.07) is 30.3. The zero-order valence-electron chi connectivity index (χ0n) is 15.6. The van der Waals surface area contributed by atoms with E-state index in [1.54, 1.807) is 0 Å². The number of pyridine rings is 1. The van der Waals surface area contributed by atoms with Crippen molar-refractivity contribution >= 4 is 11.6 Å². The number of aromatic nitrogens is 1. The lowest BCUT2D eigenvalue weighted by Gasteiger charge is -2.15. The van der Waals surface area contributed by atoms with Gasteiger partial charge in [0.15, 0.2) is 0 Å². The Hall–Kier alpha value is -3.10. The van der Waals surface area contributed by atoms with E-state index in [0.717, 1.165) is 38.5 Å². The van der Waals surface area contributed by atoms with Crippen LogP contribution in [-0.2, 0) is 6.61 Å². The topological polar surface area (TPSA) is 22.1 Å². The van der Waals surface area contributed by atoms with Crippen LogP contribution >= 0.6 is 11.6 Å². The van der Waals surface area contributed by atoms with Crippen molar-refractivity contribution < 1.29 is 4.74 Å². The molecule has 0 aliphatic heterocycles. The summed E-state index contributed by atoms with van der Waals surface area (Å²) in [5, 5.41) is 0.722. The zero-order chi connectivity index (χ0) is 19.3. The molecule has 0 unspecified atom stereocenters. The fourth-order valence-corrected chi connectivity index (χ4v) is 3.26. The van der Waals surface area contributed by atoms with Crippen molar-refractivity contribution in [3.05, 3.63) is 107 Å². The maximum atomic E-state index is 6.13. The molecule has 0 atom stereocenters. The maximum absolute atomic E-state index is 6.13. The summed E-state index contributed by atoms with van der Waals surface area (Å²) in [6.07, 6.45) is 0. The summed E-state index contributed by atoms with van der Waals surface area (Å²) in [7, 11) is 0. The van der Waals surface area contributed by atoms with Crippen molar-refractivity contribution in [1.82, 2.24) is 4.98 Å². The highest BCUT2D eigenvalue weighted by Gasteiger charge is 2.13. The first kappa shape index (κ1) is 18.3. The second kappa shape index (κ2) is 8.28. The van der Waals surface area contributed by atoms with Crippen molar-refractivity contribution in [1.29, 1.82) is 0 Å². The highest BCUT2D eigenvalue weighted by Crippen LogP contribution is 2.34. The summed E-state index contributed by atoms with van der Waals surface area (Å²) < 4.78 is 6.13. The predicted molar refractivity (Wildman–Crippen MR) is 116 cm³/mol. The van der Waals surface area contributed by atoms with Crippen molar-refractivity contribution in [3.63, 3.8) is 0 Å². The van der Waals surface area contributed by atoms with Crippen LogP contribution in [0.1, 0.15) is 11.1 Å². The van der Waals surface area contributed by atoms with E-state index in [4.69, 9.17) is 21.3 Å². The molecule has 0 fully saturated rings. The van der Waals surface area contributed by atoms with Crippen LogP contribution in [0.15, 0.2) is 91.0 Å². The lowest BCUT2D eigenvalue weighted by atomic mass is 9.99. The van der Waals surface area contributed by atoms with Crippen LogP contribution in [-0.4, -0.2) is 4.98 Å². The van der Waals surface area contributed by atoms with Crippen molar-refractivity contribution in [3.8, 4) is 28.3 Å². The molecule has 3 heteroatoms. The normalized spacial score (nSPS) is 10.6. The Labute approximate surface area is 170 Å². The van der Waals surface area contributed by atoms with Crippen LogP contribution in [0.5, 0.6) is 5.88 Å². The van der Waals surface area contributed by atoms with Gasteiger partial charge >= 0.3 is 0 Å². The molecule has 0 aliphatic rings. The summed E-state index contributed by atoms with van der Waals surface area (Å²) in [4.78, 5) is 4.81. The van der Waals surface area contributed by atoms with Gasteiger partial charge in [-0.05, 0) is 41.8 Å². The molecule has 0 radical (unpaired) electrons. The minimum Gasteiger partial charge on any atom is -0.473 e. The van der Waals surface area contributed by atoms with E-state index in [2.05, 4.69) is 30.3 Å². The van der Waals surface area contributed by atoms with Crippen LogP contribution in [0, 0.1) is 6.92 Å². The highest BCUT2D eigenvalue weighted by atomic mass is 35.5. The molecule has 1 aromatic heterocycles. The third kappa shape index (κ3) is 4.08. The monoisotopic (exact) mass is 385 g/mol. The van der Waals surface area contributed by atoms with Gasteiger partial charge in [0.2, 0.25) is 5.88 Å². The van der Waals surface area contributed by atoms with Gasteiger partial charge in [-0.25, -0.2) is 4.98 Å². The first-order valence-electron chi connectivity index (χ1n) is 9.20. The van der Waals surface area contributed by atoms with Crippen molar-refractivity contribution in [2.45, 2.75) is 13.5 Å². The molecule has 3 aromatic carbocycles. The van der Waals surface area contributed by atoms with Crippen molar-refractivity contribution in [2.24, 2.45) is 0 Å². The van der Waals surface area contributed by atoms with Gasteiger partial charge in [0, 0.05) is 16.1 Å². The number of nitrogens with zero attached hydrogens (tertiary/aromatic N) is 1. The number of hydrogen-bond donors (Lipinski definition) is 0. The van der Waals surface area contributed by atoms with Crippen molar-refractivity contribution in [2.75, 3.05) is 0 Å². The fraction of sp³-hybridized carbons (Fsp3) is 0.0800. The average molecular weight is 386 g/mol. The molecule has 1 heterocycles. The Morgan fingerprint density at radius 1 is 0.786 bits per heavy atom. The highest BCUT2D eigenvalue weighted by molar-refractivity contribution is 6.30. The molecule has 2 nitrogen and oxygen atoms in total. The van der Waals surface area contributed by atoms with E-state index in [1.165, 1.54) is 0 Å². The molecule has 138 valence electrons. The van der Waals surface area contributed by atoms with Gasteiger partial charge < -0.3 is 4.74 Å². The smallest absolute Gasteiger partial charge is 0.217 e. The Bertz CT molecular complexity index is 1060. The molecule has 0 aliphatic carbocycles. The second-order valence-electron chi connectivity index (χ2n) is 6.63. The molecular formula is C25H20ClNO. The Balaban J connectivity index is 1.77. The quantitative estimate of drug-likeness (QED) is 0.370. The molecule has 0 bridgehead atoms. The summed E-state index contributed by atoms with van der Waals surface area (Å²) in [5.41, 5.74) is 6.25. The van der Waals surface area contributed by atoms with Gasteiger partial charge in [0.1, 0.15) is 6.61 Å². The van der Waals surface area contributed by atoms with Crippen LogP contribution in [0.3, 0.4) is 0 Å². The molecule has 0 N–H and O–H groups in total. The average Bonchev–Trinajstić information content (AvgIpc) is 2.75. The molecule has 0 spiro atoms. The van der Waals surface area contributed by atoms with E-state index in [0.29, 0.717) is 12.5 Å². The molecule has 0 saturated carbocycles. The number of ether oxygens (including phenoxy) is 1. The number of benzene rings is 3. The van der Waals surface area contributed by atoms with Gasteiger partial charge in [-0.2, -0.15) is 0 Å². The third-order valence-corrected chi connectivity index (χ3v) is 4.92. The van der Waals surface area contributed by atoms with Crippen LogP contribution in [0.2, 0.25) is 5.02 Å². The number of hydrogen-bond acceptors (Lipinski definition) is 2. The summed E-state index contributed by atoms with van der Waals surface area (Å²) >= 11 is 6.08. The predicted octanol–water partition coefficient (Wildman–Crippen LogP) is 6.96. The Kier molecular flexibility index (Phi) is 5.41. The SMILES string of the molecule is Cc1c(-c2ccc(Cl)cc2)cc(-c2ccccc2)nc1OCc1ccccc1. The second-order valence-corrected chi connectivity index (χ2v) is 7.07. The molecule has 4 aromatic rings. The van der Waals surface area contributed by atoms with Gasteiger partial charge in [0.05, 0.1) is 5.69 Å². The van der Waals surface area contributed by atoms with E-state index < -0.39 is 0 Å². The lowest BCUT2D eigenvalue weighted by Crippen LogP contribution is -2.01. The molecule has 0 amide bonds. The maximum Gasteiger partial charge on any atom is 0.217 e. The molecule has 0 saturated heterocycles. The van der Waals surface area contributed by atoms with E-state index in [9.17, 15) is 0 Å². The molecule has 4 rings (SSSR count). The zero-order valence-corrected chi connectivity index (χ0v) is 16.4. The first-order valence-corrected chi connectivity index (χ1v) is 9.58. The van der Waals surface area contributed by atoms with Gasteiger partial charge in [-0.15, -0.1) is 0 Å². The summed E-state index contributed by atoms with van der Waals surface area (Å²) in [5.74, 6) is 0.648. The summed E-state index contributed by atoms with van der Waals surface area (Å²) in [6.45, 7) is 2.53. The molecule has 28 heavy (non-hydrogen) atoms. The van der Waals surface area contributed by atoms with Gasteiger partial charge in [-0.1, -0.05) is 84.4 Å². The van der Waals surface area contributed by atoms with E-state index in [1.807, 2.05) is 67.6 Å². The van der Waals surface area contributed by atoms with Gasteiger partial charge in [-0.3, -0.25) is 0 Å². The van der Waals surface area contributed by atoms with Gasteiger partial charge in [0.25, 0.3) is 0 Å². The van der Waals surface area contributed by atoms with Crippen LogP contribution in [0.4, 0.5) is 0 Å². The Morgan fingerprint density at radius 2 is 1.43 bits per heavy atom. The number of rotatable bonds is 5.